The molecule has 148 valence electrons. The van der Waals surface area contributed by atoms with Gasteiger partial charge in [0, 0.05) is 32.0 Å². The van der Waals surface area contributed by atoms with Gasteiger partial charge in [0.25, 0.3) is 0 Å². The van der Waals surface area contributed by atoms with Crippen LogP contribution in [-0.4, -0.2) is 42.7 Å². The molecule has 0 amide bonds. The number of pyridine rings is 1. The average molecular weight is 388 g/mol. The number of nitrogens with zero attached hydrogens (tertiary/aromatic N) is 6. The molecule has 1 saturated heterocycles. The van der Waals surface area contributed by atoms with Crippen molar-refractivity contribution >= 4 is 11.0 Å². The van der Waals surface area contributed by atoms with E-state index in [2.05, 4.69) is 45.2 Å². The topological polar surface area (TPSA) is 70.7 Å². The van der Waals surface area contributed by atoms with Crippen LogP contribution >= 0.6 is 0 Å². The molecule has 0 radical (unpaired) electrons. The normalized spacial score (nSPS) is 16.3. The predicted molar refractivity (Wildman–Crippen MR) is 110 cm³/mol. The Morgan fingerprint density at radius 2 is 1.97 bits per heavy atom. The smallest absolute Gasteiger partial charge is 0.0964 e. The van der Waals surface area contributed by atoms with Gasteiger partial charge in [-0.25, -0.2) is 9.67 Å². The van der Waals surface area contributed by atoms with Gasteiger partial charge in [-0.05, 0) is 49.9 Å². The van der Waals surface area contributed by atoms with E-state index >= 15 is 0 Å². The zero-order chi connectivity index (χ0) is 19.8. The number of ether oxygens (including phenoxy) is 1. The maximum Gasteiger partial charge on any atom is 0.0964 e. The van der Waals surface area contributed by atoms with E-state index in [0.29, 0.717) is 5.92 Å². The van der Waals surface area contributed by atoms with Crippen molar-refractivity contribution < 1.29 is 4.74 Å². The van der Waals surface area contributed by atoms with Gasteiger partial charge < -0.3 is 9.30 Å². The third-order valence-corrected chi connectivity index (χ3v) is 5.85. The summed E-state index contributed by atoms with van der Waals surface area (Å²) >= 11 is 0. The molecule has 4 aromatic rings. The zero-order valence-corrected chi connectivity index (χ0v) is 16.7. The third kappa shape index (κ3) is 3.21. The van der Waals surface area contributed by atoms with Gasteiger partial charge >= 0.3 is 0 Å². The fourth-order valence-electron chi connectivity index (χ4n) is 4.44. The van der Waals surface area contributed by atoms with Gasteiger partial charge in [-0.3, -0.25) is 4.98 Å². The Hall–Kier alpha value is -3.06. The van der Waals surface area contributed by atoms with Crippen molar-refractivity contribution in [3.05, 3.63) is 60.3 Å². The number of hydrogen-bond donors (Lipinski definition) is 0. The van der Waals surface area contributed by atoms with Crippen molar-refractivity contribution in [1.82, 2.24) is 29.5 Å². The molecule has 7 heteroatoms. The van der Waals surface area contributed by atoms with Crippen molar-refractivity contribution in [1.29, 1.82) is 0 Å². The number of hydrogen-bond acceptors (Lipinski definition) is 5. The molecule has 4 heterocycles. The minimum Gasteiger partial charge on any atom is -0.381 e. The Labute approximate surface area is 169 Å². The van der Waals surface area contributed by atoms with Crippen molar-refractivity contribution in [3.8, 4) is 11.3 Å². The summed E-state index contributed by atoms with van der Waals surface area (Å²) in [7, 11) is 1.93. The van der Waals surface area contributed by atoms with Gasteiger partial charge in [-0.1, -0.05) is 17.3 Å². The lowest BCUT2D eigenvalue weighted by molar-refractivity contribution is 0.0542. The highest BCUT2D eigenvalue weighted by atomic mass is 16.5. The molecule has 7 nitrogen and oxygen atoms in total. The molecule has 0 saturated carbocycles. The van der Waals surface area contributed by atoms with E-state index in [-0.39, 0.29) is 6.04 Å². The molecule has 1 fully saturated rings. The van der Waals surface area contributed by atoms with Gasteiger partial charge in [0.2, 0.25) is 0 Å². The first-order valence-corrected chi connectivity index (χ1v) is 10.0. The van der Waals surface area contributed by atoms with E-state index in [9.17, 15) is 0 Å². The molecule has 3 aromatic heterocycles. The summed E-state index contributed by atoms with van der Waals surface area (Å²) < 4.78 is 9.74. The monoisotopic (exact) mass is 388 g/mol. The van der Waals surface area contributed by atoms with Crippen molar-refractivity contribution in [3.63, 3.8) is 0 Å². The van der Waals surface area contributed by atoms with Crippen LogP contribution in [0.3, 0.4) is 0 Å². The summed E-state index contributed by atoms with van der Waals surface area (Å²) in [5.41, 5.74) is 6.20. The second-order valence-electron chi connectivity index (χ2n) is 7.65. The highest BCUT2D eigenvalue weighted by molar-refractivity contribution is 5.82. The fraction of sp³-hybridized carbons (Fsp3) is 0.364. The fourth-order valence-corrected chi connectivity index (χ4v) is 4.44. The van der Waals surface area contributed by atoms with Crippen LogP contribution in [-0.2, 0) is 11.8 Å². The first-order valence-electron chi connectivity index (χ1n) is 10.0. The van der Waals surface area contributed by atoms with Gasteiger partial charge in [0.05, 0.1) is 40.5 Å². The highest BCUT2D eigenvalue weighted by Gasteiger charge is 2.29. The van der Waals surface area contributed by atoms with Gasteiger partial charge in [-0.15, -0.1) is 5.10 Å². The first-order chi connectivity index (χ1) is 14.2. The van der Waals surface area contributed by atoms with Crippen molar-refractivity contribution in [2.75, 3.05) is 13.2 Å². The van der Waals surface area contributed by atoms with Crippen LogP contribution in [0.4, 0.5) is 0 Å². The van der Waals surface area contributed by atoms with Crippen LogP contribution in [0.15, 0.2) is 48.9 Å². The van der Waals surface area contributed by atoms with E-state index in [1.807, 2.05) is 37.2 Å². The molecule has 29 heavy (non-hydrogen) atoms. The van der Waals surface area contributed by atoms with Crippen LogP contribution in [0.5, 0.6) is 0 Å². The van der Waals surface area contributed by atoms with E-state index in [4.69, 9.17) is 14.7 Å². The molecule has 0 N–H and O–H groups in total. The summed E-state index contributed by atoms with van der Waals surface area (Å²) in [5.74, 6) is 0.458. The lowest BCUT2D eigenvalue weighted by Gasteiger charge is -2.31. The third-order valence-electron chi connectivity index (χ3n) is 5.85. The van der Waals surface area contributed by atoms with Crippen LogP contribution in [0.2, 0.25) is 0 Å². The second-order valence-corrected chi connectivity index (χ2v) is 7.65. The Balaban J connectivity index is 1.66. The maximum atomic E-state index is 5.62. The number of imidazole rings is 1. The summed E-state index contributed by atoms with van der Waals surface area (Å²) in [6.45, 7) is 3.58. The van der Waals surface area contributed by atoms with Crippen LogP contribution < -0.4 is 0 Å². The molecule has 5 rings (SSSR count). The molecular weight excluding hydrogens is 364 g/mol. The second kappa shape index (κ2) is 7.40. The lowest BCUT2D eigenvalue weighted by atomic mass is 9.89. The summed E-state index contributed by atoms with van der Waals surface area (Å²) in [4.78, 5) is 9.40. The minimum atomic E-state index is 0.131. The maximum absolute atomic E-state index is 5.62. The van der Waals surface area contributed by atoms with E-state index < -0.39 is 0 Å². The van der Waals surface area contributed by atoms with Crippen LogP contribution in [0.1, 0.15) is 30.3 Å². The van der Waals surface area contributed by atoms with Crippen molar-refractivity contribution in [2.24, 2.45) is 13.0 Å². The number of fused-ring (bicyclic) bond motifs is 1. The van der Waals surface area contributed by atoms with Crippen LogP contribution in [0.25, 0.3) is 22.3 Å². The van der Waals surface area contributed by atoms with E-state index in [1.165, 1.54) is 0 Å². The number of benzene rings is 1. The standard InChI is InChI=1S/C22H24N6O/c1-15-21(27(2)26-25-15)17-6-7-18-20(13-17)28(14-24-18)22(16-8-11-29-12-9-16)19-5-3-4-10-23-19/h3-7,10,13-14,16,22H,8-9,11-12H2,1-2H3. The minimum absolute atomic E-state index is 0.131. The predicted octanol–water partition coefficient (Wildman–Crippen LogP) is 3.55. The molecule has 1 aromatic carbocycles. The Bertz CT molecular complexity index is 1110. The average Bonchev–Trinajstić information content (AvgIpc) is 3.32. The van der Waals surface area contributed by atoms with Gasteiger partial charge in [0.1, 0.15) is 0 Å². The summed E-state index contributed by atoms with van der Waals surface area (Å²) in [6.07, 6.45) is 5.87. The summed E-state index contributed by atoms with van der Waals surface area (Å²) in [5, 5.41) is 8.36. The van der Waals surface area contributed by atoms with Crippen molar-refractivity contribution in [2.45, 2.75) is 25.8 Å². The largest absolute Gasteiger partial charge is 0.381 e. The quantitative estimate of drug-likeness (QED) is 0.535. The number of aryl methyl sites for hydroxylation is 2. The molecule has 0 bridgehead atoms. The Morgan fingerprint density at radius 3 is 2.69 bits per heavy atom. The Kier molecular flexibility index (Phi) is 4.60. The highest BCUT2D eigenvalue weighted by Crippen LogP contribution is 2.35. The molecule has 0 spiro atoms. The SMILES string of the molecule is Cc1nnn(C)c1-c1ccc2ncn(C(c3ccccn3)C3CCOCC3)c2c1. The molecule has 1 atom stereocenters. The first kappa shape index (κ1) is 18.0. The number of rotatable bonds is 4. The molecule has 1 unspecified atom stereocenters. The van der Waals surface area contributed by atoms with E-state index in [1.54, 1.807) is 0 Å². The van der Waals surface area contributed by atoms with Gasteiger partial charge in [-0.2, -0.15) is 0 Å². The molecular formula is C22H24N6O. The zero-order valence-electron chi connectivity index (χ0n) is 16.7. The molecule has 1 aliphatic heterocycles. The lowest BCUT2D eigenvalue weighted by Crippen LogP contribution is -2.27. The number of aromatic nitrogens is 6. The molecule has 1 aliphatic rings. The molecule has 0 aliphatic carbocycles. The summed E-state index contributed by atoms with van der Waals surface area (Å²) in [6, 6.07) is 12.6. The van der Waals surface area contributed by atoms with Crippen LogP contribution in [0, 0.1) is 12.8 Å². The van der Waals surface area contributed by atoms with E-state index in [0.717, 1.165) is 59.7 Å². The Morgan fingerprint density at radius 1 is 1.10 bits per heavy atom. The van der Waals surface area contributed by atoms with Gasteiger partial charge in [0.15, 0.2) is 0 Å².